The van der Waals surface area contributed by atoms with Crippen LogP contribution in [0.2, 0.25) is 0 Å². The van der Waals surface area contributed by atoms with Crippen LogP contribution in [-0.2, 0) is 14.8 Å². The molecule has 1 amide bonds. The van der Waals surface area contributed by atoms with Crippen LogP contribution in [-0.4, -0.2) is 44.7 Å². The van der Waals surface area contributed by atoms with Crippen molar-refractivity contribution in [3.8, 4) is 5.75 Å². The Labute approximate surface area is 201 Å². The molecule has 0 aliphatic carbocycles. The number of amides is 1. The van der Waals surface area contributed by atoms with Crippen LogP contribution in [0.5, 0.6) is 5.75 Å². The number of nitrogens with one attached hydrogen (secondary N) is 1. The van der Waals surface area contributed by atoms with Crippen LogP contribution in [0, 0.1) is 5.82 Å². The maximum Gasteiger partial charge on any atom is 0.264 e. The Kier molecular flexibility index (Phi) is 7.49. The van der Waals surface area contributed by atoms with Crippen molar-refractivity contribution in [2.45, 2.75) is 11.0 Å². The van der Waals surface area contributed by atoms with Crippen LogP contribution >= 0.6 is 11.8 Å². The lowest BCUT2D eigenvalue weighted by Gasteiger charge is -2.25. The largest absolute Gasteiger partial charge is 0.489 e. The van der Waals surface area contributed by atoms with E-state index in [1.807, 2.05) is 36.0 Å². The van der Waals surface area contributed by atoms with E-state index in [1.165, 1.54) is 30.5 Å². The molecular weight excluding hydrogens is 477 g/mol. The minimum absolute atomic E-state index is 0.0114. The van der Waals surface area contributed by atoms with Gasteiger partial charge in [0.05, 0.1) is 16.8 Å². The highest BCUT2D eigenvalue weighted by Gasteiger charge is 2.27. The van der Waals surface area contributed by atoms with Crippen LogP contribution < -0.4 is 14.5 Å². The van der Waals surface area contributed by atoms with Crippen molar-refractivity contribution in [1.29, 1.82) is 0 Å². The summed E-state index contributed by atoms with van der Waals surface area (Å²) >= 11 is 1.83. The van der Waals surface area contributed by atoms with Crippen molar-refractivity contribution >= 4 is 39.6 Å². The first kappa shape index (κ1) is 23.8. The van der Waals surface area contributed by atoms with Gasteiger partial charge in [0.1, 0.15) is 24.2 Å². The number of nitrogens with zero attached hydrogens (tertiary/aromatic N) is 2. The SMILES string of the molecule is O=C(CN(c1ccc(F)cc1)S(=O)(=O)c1ccccc1)N/N=C\c1cccc(OC2CSC2)c1. The highest BCUT2D eigenvalue weighted by Crippen LogP contribution is 2.25. The van der Waals surface area contributed by atoms with E-state index in [0.29, 0.717) is 0 Å². The quantitative estimate of drug-likeness (QED) is 0.359. The predicted molar refractivity (Wildman–Crippen MR) is 131 cm³/mol. The van der Waals surface area contributed by atoms with Crippen LogP contribution in [0.25, 0.3) is 0 Å². The van der Waals surface area contributed by atoms with E-state index in [4.69, 9.17) is 4.74 Å². The van der Waals surface area contributed by atoms with Crippen LogP contribution in [0.1, 0.15) is 5.56 Å². The summed E-state index contributed by atoms with van der Waals surface area (Å²) < 4.78 is 46.6. The predicted octanol–water partition coefficient (Wildman–Crippen LogP) is 3.67. The number of anilines is 1. The summed E-state index contributed by atoms with van der Waals surface area (Å²) in [6.07, 6.45) is 1.66. The number of hydrogen-bond donors (Lipinski definition) is 1. The van der Waals surface area contributed by atoms with Gasteiger partial charge in [-0.05, 0) is 54.1 Å². The molecule has 0 spiro atoms. The van der Waals surface area contributed by atoms with E-state index < -0.39 is 28.3 Å². The molecule has 0 radical (unpaired) electrons. The maximum absolute atomic E-state index is 13.4. The molecule has 3 aromatic carbocycles. The number of halogens is 1. The van der Waals surface area contributed by atoms with E-state index in [1.54, 1.807) is 18.2 Å². The summed E-state index contributed by atoms with van der Waals surface area (Å²) in [7, 11) is -4.07. The number of benzene rings is 3. The number of thioether (sulfide) groups is 1. The molecule has 0 aromatic heterocycles. The zero-order valence-corrected chi connectivity index (χ0v) is 19.6. The Hall–Kier alpha value is -3.37. The highest BCUT2D eigenvalue weighted by molar-refractivity contribution is 8.00. The van der Waals surface area contributed by atoms with Crippen molar-refractivity contribution in [2.75, 3.05) is 22.4 Å². The Morgan fingerprint density at radius 1 is 1.09 bits per heavy atom. The van der Waals surface area contributed by atoms with Gasteiger partial charge in [-0.25, -0.2) is 18.2 Å². The molecule has 0 saturated carbocycles. The van der Waals surface area contributed by atoms with Gasteiger partial charge in [0.25, 0.3) is 15.9 Å². The lowest BCUT2D eigenvalue weighted by atomic mass is 10.2. The van der Waals surface area contributed by atoms with Crippen molar-refractivity contribution in [1.82, 2.24) is 5.43 Å². The monoisotopic (exact) mass is 499 g/mol. The van der Waals surface area contributed by atoms with Gasteiger partial charge < -0.3 is 4.74 Å². The van der Waals surface area contributed by atoms with Crippen LogP contribution in [0.4, 0.5) is 10.1 Å². The van der Waals surface area contributed by atoms with Gasteiger partial charge in [-0.1, -0.05) is 30.3 Å². The average Bonchev–Trinajstić information content (AvgIpc) is 2.81. The third-order valence-electron chi connectivity index (χ3n) is 4.90. The third kappa shape index (κ3) is 5.95. The standard InChI is InChI=1S/C24H22FN3O4S2/c25-19-9-11-20(12-10-19)28(34(30,31)23-7-2-1-3-8-23)15-24(29)27-26-14-18-5-4-6-21(13-18)32-22-16-33-17-22/h1-14,22H,15-17H2,(H,27,29)/b26-14-. The van der Waals surface area contributed by atoms with Gasteiger partial charge in [0, 0.05) is 11.5 Å². The molecule has 1 aliphatic rings. The summed E-state index contributed by atoms with van der Waals surface area (Å²) in [5.74, 6) is 1.48. The molecular formula is C24H22FN3O4S2. The zero-order valence-electron chi connectivity index (χ0n) is 18.0. The molecule has 0 unspecified atom stereocenters. The Bertz CT molecular complexity index is 1260. The van der Waals surface area contributed by atoms with E-state index in [-0.39, 0.29) is 16.7 Å². The smallest absolute Gasteiger partial charge is 0.264 e. The van der Waals surface area contributed by atoms with Crippen molar-refractivity contribution in [2.24, 2.45) is 5.10 Å². The average molecular weight is 500 g/mol. The number of ether oxygens (including phenoxy) is 1. The number of carbonyl (C=O) groups excluding carboxylic acids is 1. The second-order valence-electron chi connectivity index (χ2n) is 7.44. The second-order valence-corrected chi connectivity index (χ2v) is 10.4. The fourth-order valence-corrected chi connectivity index (χ4v) is 5.14. The minimum Gasteiger partial charge on any atom is -0.489 e. The van der Waals surface area contributed by atoms with Gasteiger partial charge in [-0.3, -0.25) is 9.10 Å². The molecule has 1 N–H and O–H groups in total. The summed E-state index contributed by atoms with van der Waals surface area (Å²) in [5, 5.41) is 3.95. The lowest BCUT2D eigenvalue weighted by Crippen LogP contribution is -2.39. The molecule has 7 nitrogen and oxygen atoms in total. The normalized spacial score (nSPS) is 13.9. The summed E-state index contributed by atoms with van der Waals surface area (Å²) in [4.78, 5) is 12.6. The Morgan fingerprint density at radius 3 is 2.50 bits per heavy atom. The van der Waals surface area contributed by atoms with Gasteiger partial charge in [0.15, 0.2) is 0 Å². The lowest BCUT2D eigenvalue weighted by molar-refractivity contribution is -0.119. The Morgan fingerprint density at radius 2 is 1.82 bits per heavy atom. The van der Waals surface area contributed by atoms with Gasteiger partial charge in [-0.2, -0.15) is 16.9 Å². The minimum atomic E-state index is -4.07. The maximum atomic E-state index is 13.4. The number of carbonyl (C=O) groups is 1. The second kappa shape index (κ2) is 10.7. The van der Waals surface area contributed by atoms with Gasteiger partial charge in [0.2, 0.25) is 0 Å². The third-order valence-corrected chi connectivity index (χ3v) is 7.91. The molecule has 4 rings (SSSR count). The first-order valence-electron chi connectivity index (χ1n) is 10.4. The highest BCUT2D eigenvalue weighted by atomic mass is 32.2. The van der Waals surface area contributed by atoms with Crippen molar-refractivity contribution in [3.63, 3.8) is 0 Å². The van der Waals surface area contributed by atoms with Gasteiger partial charge >= 0.3 is 0 Å². The molecule has 10 heteroatoms. The van der Waals surface area contributed by atoms with E-state index in [0.717, 1.165) is 39.3 Å². The van der Waals surface area contributed by atoms with E-state index in [2.05, 4.69) is 10.5 Å². The summed E-state index contributed by atoms with van der Waals surface area (Å²) in [5.41, 5.74) is 3.23. The van der Waals surface area contributed by atoms with Crippen LogP contribution in [0.15, 0.2) is 88.9 Å². The van der Waals surface area contributed by atoms with Crippen molar-refractivity contribution < 1.29 is 22.3 Å². The number of sulfonamides is 1. The number of rotatable bonds is 9. The fraction of sp³-hybridized carbons (Fsp3) is 0.167. The molecule has 176 valence electrons. The van der Waals surface area contributed by atoms with Crippen molar-refractivity contribution in [3.05, 3.63) is 90.2 Å². The fourth-order valence-electron chi connectivity index (χ4n) is 3.13. The first-order chi connectivity index (χ1) is 16.4. The molecule has 0 atom stereocenters. The molecule has 1 fully saturated rings. The first-order valence-corrected chi connectivity index (χ1v) is 13.0. The summed E-state index contributed by atoms with van der Waals surface area (Å²) in [6.45, 7) is -0.539. The molecule has 1 aliphatic heterocycles. The Balaban J connectivity index is 1.46. The van der Waals surface area contributed by atoms with E-state index in [9.17, 15) is 17.6 Å². The van der Waals surface area contributed by atoms with Crippen LogP contribution in [0.3, 0.4) is 0 Å². The molecule has 1 heterocycles. The van der Waals surface area contributed by atoms with Gasteiger partial charge in [-0.15, -0.1) is 0 Å². The number of hydrogen-bond acceptors (Lipinski definition) is 6. The molecule has 3 aromatic rings. The zero-order chi connectivity index (χ0) is 24.0. The topological polar surface area (TPSA) is 88.1 Å². The summed E-state index contributed by atoms with van der Waals surface area (Å²) in [6, 6.07) is 19.9. The molecule has 0 bridgehead atoms. The number of hydrazone groups is 1. The molecule has 34 heavy (non-hydrogen) atoms. The van der Waals surface area contributed by atoms with E-state index >= 15 is 0 Å². The molecule has 1 saturated heterocycles.